The van der Waals surface area contributed by atoms with Crippen LogP contribution in [0.15, 0.2) is 12.1 Å². The summed E-state index contributed by atoms with van der Waals surface area (Å²) in [5.74, 6) is 0.823. The van der Waals surface area contributed by atoms with E-state index in [0.29, 0.717) is 41.6 Å². The van der Waals surface area contributed by atoms with Crippen LogP contribution < -0.4 is 14.8 Å². The van der Waals surface area contributed by atoms with Gasteiger partial charge in [-0.3, -0.25) is 0 Å². The third-order valence-electron chi connectivity index (χ3n) is 3.12. The molecule has 1 aromatic heterocycles. The number of anilines is 1. The SMILES string of the molecule is OC(CNc1nnc(C(F)(F)F)s1)c1cc(Cl)c2c(c1)OCCO2. The molecule has 2 aromatic rings. The molecule has 2 N–H and O–H groups in total. The van der Waals surface area contributed by atoms with E-state index in [-0.39, 0.29) is 16.7 Å². The van der Waals surface area contributed by atoms with Crippen LogP contribution in [0.5, 0.6) is 11.5 Å². The van der Waals surface area contributed by atoms with Crippen LogP contribution in [0.4, 0.5) is 18.3 Å². The lowest BCUT2D eigenvalue weighted by Crippen LogP contribution is -2.17. The summed E-state index contributed by atoms with van der Waals surface area (Å²) in [6.07, 6.45) is -5.57. The first-order chi connectivity index (χ1) is 11.3. The number of fused-ring (bicyclic) bond motifs is 1. The van der Waals surface area contributed by atoms with E-state index < -0.39 is 17.3 Å². The Morgan fingerprint density at radius 3 is 2.75 bits per heavy atom. The minimum Gasteiger partial charge on any atom is -0.486 e. The van der Waals surface area contributed by atoms with Gasteiger partial charge in [0.1, 0.15) is 13.2 Å². The number of hydrogen-bond donors (Lipinski definition) is 2. The summed E-state index contributed by atoms with van der Waals surface area (Å²) in [5.41, 5.74) is 0.442. The van der Waals surface area contributed by atoms with Crippen molar-refractivity contribution in [2.24, 2.45) is 0 Å². The molecule has 130 valence electrons. The van der Waals surface area contributed by atoms with E-state index in [4.69, 9.17) is 21.1 Å². The molecule has 11 heteroatoms. The topological polar surface area (TPSA) is 76.5 Å². The van der Waals surface area contributed by atoms with Gasteiger partial charge in [0.15, 0.2) is 11.5 Å². The zero-order valence-electron chi connectivity index (χ0n) is 11.9. The zero-order valence-corrected chi connectivity index (χ0v) is 13.5. The van der Waals surface area contributed by atoms with Gasteiger partial charge in [-0.25, -0.2) is 0 Å². The molecule has 1 unspecified atom stereocenters. The number of hydrogen-bond acceptors (Lipinski definition) is 7. The lowest BCUT2D eigenvalue weighted by atomic mass is 10.1. The van der Waals surface area contributed by atoms with E-state index in [1.54, 1.807) is 6.07 Å². The number of aliphatic hydroxyl groups is 1. The summed E-state index contributed by atoms with van der Waals surface area (Å²) < 4.78 is 48.2. The zero-order chi connectivity index (χ0) is 17.3. The molecule has 0 fully saturated rings. The van der Waals surface area contributed by atoms with Crippen LogP contribution in [0.2, 0.25) is 5.02 Å². The standard InChI is InChI=1S/C13H11ClF3N3O3S/c14-7-3-6(4-9-10(7)23-2-1-22-9)8(21)5-18-12-20-19-11(24-12)13(15,16)17/h3-4,8,21H,1-2,5H2,(H,18,20). The molecular weight excluding hydrogens is 371 g/mol. The highest BCUT2D eigenvalue weighted by atomic mass is 35.5. The number of aliphatic hydroxyl groups excluding tert-OH is 1. The lowest BCUT2D eigenvalue weighted by molar-refractivity contribution is -0.138. The van der Waals surface area contributed by atoms with Crippen molar-refractivity contribution < 1.29 is 27.8 Å². The molecule has 0 spiro atoms. The molecule has 2 heterocycles. The highest BCUT2D eigenvalue weighted by Crippen LogP contribution is 2.40. The lowest BCUT2D eigenvalue weighted by Gasteiger charge is -2.21. The Balaban J connectivity index is 1.68. The Hall–Kier alpha value is -1.78. The Morgan fingerprint density at radius 1 is 1.29 bits per heavy atom. The summed E-state index contributed by atoms with van der Waals surface area (Å²) in [6.45, 7) is 0.684. The third-order valence-corrected chi connectivity index (χ3v) is 4.32. The number of alkyl halides is 3. The summed E-state index contributed by atoms with van der Waals surface area (Å²) >= 11 is 6.44. The van der Waals surface area contributed by atoms with Crippen LogP contribution in [0.1, 0.15) is 16.7 Å². The van der Waals surface area contributed by atoms with Gasteiger partial charge < -0.3 is 19.9 Å². The molecule has 0 bridgehead atoms. The van der Waals surface area contributed by atoms with Gasteiger partial charge in [-0.05, 0) is 17.7 Å². The van der Waals surface area contributed by atoms with Gasteiger partial charge >= 0.3 is 6.18 Å². The maximum atomic E-state index is 12.5. The maximum absolute atomic E-state index is 12.5. The minimum absolute atomic E-state index is 0.0370. The fourth-order valence-electron chi connectivity index (χ4n) is 2.03. The second-order valence-electron chi connectivity index (χ2n) is 4.83. The summed E-state index contributed by atoms with van der Waals surface area (Å²) in [4.78, 5) is 0. The molecule has 24 heavy (non-hydrogen) atoms. The van der Waals surface area contributed by atoms with Crippen molar-refractivity contribution in [3.63, 3.8) is 0 Å². The van der Waals surface area contributed by atoms with Crippen LogP contribution in [0.25, 0.3) is 0 Å². The predicted molar refractivity (Wildman–Crippen MR) is 80.8 cm³/mol. The number of ether oxygens (including phenoxy) is 2. The van der Waals surface area contributed by atoms with Crippen LogP contribution in [0, 0.1) is 0 Å². The maximum Gasteiger partial charge on any atom is 0.445 e. The first-order valence-electron chi connectivity index (χ1n) is 6.76. The van der Waals surface area contributed by atoms with Gasteiger partial charge in [0, 0.05) is 6.54 Å². The van der Waals surface area contributed by atoms with Crippen molar-refractivity contribution in [3.8, 4) is 11.5 Å². The highest BCUT2D eigenvalue weighted by molar-refractivity contribution is 7.15. The molecule has 1 aliphatic heterocycles. The fourth-order valence-corrected chi connectivity index (χ4v) is 2.93. The second kappa shape index (κ2) is 6.61. The molecule has 0 saturated heterocycles. The smallest absolute Gasteiger partial charge is 0.445 e. The van der Waals surface area contributed by atoms with Gasteiger partial charge in [0.2, 0.25) is 10.1 Å². The number of rotatable bonds is 4. The van der Waals surface area contributed by atoms with Gasteiger partial charge in [-0.1, -0.05) is 22.9 Å². The number of nitrogens with zero attached hydrogens (tertiary/aromatic N) is 2. The van der Waals surface area contributed by atoms with Gasteiger partial charge in [-0.2, -0.15) is 13.2 Å². The quantitative estimate of drug-likeness (QED) is 0.847. The van der Waals surface area contributed by atoms with E-state index in [0.717, 1.165) is 0 Å². The van der Waals surface area contributed by atoms with Crippen LogP contribution >= 0.6 is 22.9 Å². The summed E-state index contributed by atoms with van der Waals surface area (Å²) in [6, 6.07) is 3.09. The third kappa shape index (κ3) is 3.65. The highest BCUT2D eigenvalue weighted by Gasteiger charge is 2.35. The molecular formula is C13H11ClF3N3O3S. The molecule has 0 amide bonds. The van der Waals surface area contributed by atoms with Crippen molar-refractivity contribution in [2.45, 2.75) is 12.3 Å². The monoisotopic (exact) mass is 381 g/mol. The van der Waals surface area contributed by atoms with E-state index >= 15 is 0 Å². The minimum atomic E-state index is -4.54. The number of benzene rings is 1. The number of aromatic nitrogens is 2. The molecule has 6 nitrogen and oxygen atoms in total. The summed E-state index contributed by atoms with van der Waals surface area (Å²) in [7, 11) is 0. The molecule has 0 radical (unpaired) electrons. The number of halogens is 4. The van der Waals surface area contributed by atoms with Crippen LogP contribution in [-0.4, -0.2) is 35.1 Å². The fraction of sp³-hybridized carbons (Fsp3) is 0.385. The first kappa shape index (κ1) is 17.1. The molecule has 0 saturated carbocycles. The Bertz CT molecular complexity index is 741. The average Bonchev–Trinajstić information content (AvgIpc) is 3.02. The Kier molecular flexibility index (Phi) is 4.70. The van der Waals surface area contributed by atoms with E-state index in [1.807, 2.05) is 0 Å². The van der Waals surface area contributed by atoms with Crippen molar-refractivity contribution in [1.82, 2.24) is 10.2 Å². The Morgan fingerprint density at radius 2 is 2.04 bits per heavy atom. The van der Waals surface area contributed by atoms with Crippen molar-refractivity contribution >= 4 is 28.1 Å². The van der Waals surface area contributed by atoms with E-state index in [1.165, 1.54) is 6.07 Å². The second-order valence-corrected chi connectivity index (χ2v) is 6.22. The van der Waals surface area contributed by atoms with Crippen LogP contribution in [-0.2, 0) is 6.18 Å². The average molecular weight is 382 g/mol. The van der Waals surface area contributed by atoms with E-state index in [9.17, 15) is 18.3 Å². The van der Waals surface area contributed by atoms with Gasteiger partial charge in [-0.15, -0.1) is 10.2 Å². The predicted octanol–water partition coefficient (Wildman–Crippen LogP) is 3.13. The molecule has 1 aromatic carbocycles. The van der Waals surface area contributed by atoms with Gasteiger partial charge in [0.05, 0.1) is 11.1 Å². The molecule has 1 aliphatic rings. The van der Waals surface area contributed by atoms with Crippen molar-refractivity contribution in [2.75, 3.05) is 25.1 Å². The first-order valence-corrected chi connectivity index (χ1v) is 7.95. The normalized spacial score (nSPS) is 15.2. The van der Waals surface area contributed by atoms with Crippen LogP contribution in [0.3, 0.4) is 0 Å². The number of nitrogens with one attached hydrogen (secondary N) is 1. The molecule has 1 atom stereocenters. The Labute approximate surface area is 143 Å². The molecule has 0 aliphatic carbocycles. The summed E-state index contributed by atoms with van der Waals surface area (Å²) in [5, 5.41) is 18.4. The van der Waals surface area contributed by atoms with E-state index in [2.05, 4.69) is 15.5 Å². The van der Waals surface area contributed by atoms with Crippen molar-refractivity contribution in [3.05, 3.63) is 27.7 Å². The van der Waals surface area contributed by atoms with Gasteiger partial charge in [0.25, 0.3) is 0 Å². The largest absolute Gasteiger partial charge is 0.486 e. The van der Waals surface area contributed by atoms with Crippen molar-refractivity contribution in [1.29, 1.82) is 0 Å². The molecule has 3 rings (SSSR count).